The van der Waals surface area contributed by atoms with Gasteiger partial charge in [0.05, 0.1) is 17.4 Å². The van der Waals surface area contributed by atoms with Gasteiger partial charge in [0.15, 0.2) is 5.82 Å². The molecule has 2 aliphatic rings. The van der Waals surface area contributed by atoms with E-state index in [4.69, 9.17) is 0 Å². The number of nitrogens with zero attached hydrogens (tertiary/aromatic N) is 4. The predicted molar refractivity (Wildman–Crippen MR) is 113 cm³/mol. The van der Waals surface area contributed by atoms with Crippen molar-refractivity contribution in [3.8, 4) is 11.5 Å². The van der Waals surface area contributed by atoms with Crippen molar-refractivity contribution in [1.82, 2.24) is 24.6 Å². The van der Waals surface area contributed by atoms with Crippen LogP contribution in [0.4, 0.5) is 13.2 Å². The lowest BCUT2D eigenvalue weighted by atomic mass is 10.0. The molecule has 5 rings (SSSR count). The van der Waals surface area contributed by atoms with Crippen molar-refractivity contribution < 1.29 is 18.0 Å². The normalized spacial score (nSPS) is 18.1. The van der Waals surface area contributed by atoms with E-state index in [9.17, 15) is 18.0 Å². The maximum atomic E-state index is 13.2. The highest BCUT2D eigenvalue weighted by atomic mass is 19.4. The van der Waals surface area contributed by atoms with E-state index in [0.717, 1.165) is 44.1 Å². The molecule has 1 saturated carbocycles. The summed E-state index contributed by atoms with van der Waals surface area (Å²) in [5.74, 6) is 0.138. The molecule has 9 heteroatoms. The second-order valence-electron chi connectivity index (χ2n) is 8.45. The average molecular weight is 443 g/mol. The van der Waals surface area contributed by atoms with Crippen LogP contribution in [-0.4, -0.2) is 50.3 Å². The maximum Gasteiger partial charge on any atom is 0.416 e. The molecule has 32 heavy (non-hydrogen) atoms. The van der Waals surface area contributed by atoms with Gasteiger partial charge in [-0.05, 0) is 56.0 Å². The summed E-state index contributed by atoms with van der Waals surface area (Å²) in [5.41, 5.74) is -0.207. The Bertz CT molecular complexity index is 1090. The Morgan fingerprint density at radius 1 is 1.03 bits per heavy atom. The molecule has 1 aromatic carbocycles. The highest BCUT2D eigenvalue weighted by molar-refractivity contribution is 5.97. The SMILES string of the molecule is O=C(NC1CCN(C2CC2)CC1)c1cnn(-c2cccc(C(F)(F)F)c2)c1-n1cccc1. The van der Waals surface area contributed by atoms with Crippen LogP contribution in [0.15, 0.2) is 55.0 Å². The van der Waals surface area contributed by atoms with Crippen LogP contribution in [0.25, 0.3) is 11.5 Å². The number of piperidine rings is 1. The van der Waals surface area contributed by atoms with Crippen LogP contribution in [0.5, 0.6) is 0 Å². The topological polar surface area (TPSA) is 55.1 Å². The van der Waals surface area contributed by atoms with Gasteiger partial charge < -0.3 is 14.8 Å². The third-order valence-electron chi connectivity index (χ3n) is 6.18. The minimum Gasteiger partial charge on any atom is -0.349 e. The quantitative estimate of drug-likeness (QED) is 0.648. The van der Waals surface area contributed by atoms with E-state index in [1.807, 2.05) is 0 Å². The molecular weight excluding hydrogens is 419 g/mol. The second kappa shape index (κ2) is 8.12. The number of carbonyl (C=O) groups excluding carboxylic acids is 1. The third kappa shape index (κ3) is 4.17. The molecule has 6 nitrogen and oxygen atoms in total. The van der Waals surface area contributed by atoms with Crippen molar-refractivity contribution in [2.24, 2.45) is 0 Å². The summed E-state index contributed by atoms with van der Waals surface area (Å²) >= 11 is 0. The summed E-state index contributed by atoms with van der Waals surface area (Å²) < 4.78 is 42.8. The zero-order valence-corrected chi connectivity index (χ0v) is 17.4. The number of rotatable bonds is 5. The summed E-state index contributed by atoms with van der Waals surface area (Å²) in [5, 5.41) is 7.39. The third-order valence-corrected chi connectivity index (χ3v) is 6.18. The molecule has 1 amide bonds. The second-order valence-corrected chi connectivity index (χ2v) is 8.45. The zero-order valence-electron chi connectivity index (χ0n) is 17.4. The maximum absolute atomic E-state index is 13.2. The molecule has 1 N–H and O–H groups in total. The average Bonchev–Trinajstić information content (AvgIpc) is 3.30. The fraction of sp³-hybridized carbons (Fsp3) is 0.391. The highest BCUT2D eigenvalue weighted by Crippen LogP contribution is 2.32. The summed E-state index contributed by atoms with van der Waals surface area (Å²) in [6.45, 7) is 1.95. The van der Waals surface area contributed by atoms with Crippen molar-refractivity contribution in [2.75, 3.05) is 13.1 Å². The molecule has 1 saturated heterocycles. The summed E-state index contributed by atoms with van der Waals surface area (Å²) in [6.07, 6.45) is 4.76. The molecule has 1 aliphatic carbocycles. The largest absolute Gasteiger partial charge is 0.416 e. The molecule has 2 fully saturated rings. The van der Waals surface area contributed by atoms with Crippen molar-refractivity contribution in [1.29, 1.82) is 0 Å². The molecule has 0 radical (unpaired) electrons. The van der Waals surface area contributed by atoms with Crippen LogP contribution in [0.2, 0.25) is 0 Å². The Labute approximate surface area is 183 Å². The summed E-state index contributed by atoms with van der Waals surface area (Å²) in [6, 6.07) is 9.32. The standard InChI is InChI=1S/C23H24F3N5O/c24-23(25,26)16-4-3-5-19(14-16)31-22(30-10-1-2-11-30)20(15-27-31)21(32)28-17-8-12-29(13-9-17)18-6-7-18/h1-5,10-11,14-15,17-18H,6-9,12-13H2,(H,28,32). The van der Waals surface area contributed by atoms with Gasteiger partial charge in [0, 0.05) is 37.6 Å². The number of nitrogens with one attached hydrogen (secondary N) is 1. The van der Waals surface area contributed by atoms with Crippen molar-refractivity contribution in [2.45, 2.75) is 43.9 Å². The number of carbonyl (C=O) groups is 1. The van der Waals surface area contributed by atoms with E-state index in [0.29, 0.717) is 11.4 Å². The van der Waals surface area contributed by atoms with Crippen molar-refractivity contribution in [3.05, 3.63) is 66.1 Å². The van der Waals surface area contributed by atoms with Gasteiger partial charge in [0.2, 0.25) is 0 Å². The van der Waals surface area contributed by atoms with Gasteiger partial charge in [0.1, 0.15) is 5.56 Å². The Morgan fingerprint density at radius 3 is 2.41 bits per heavy atom. The van der Waals surface area contributed by atoms with Gasteiger partial charge >= 0.3 is 6.18 Å². The van der Waals surface area contributed by atoms with E-state index < -0.39 is 11.7 Å². The molecule has 0 spiro atoms. The van der Waals surface area contributed by atoms with Gasteiger partial charge in [-0.1, -0.05) is 6.07 Å². The molecule has 2 aromatic heterocycles. The molecule has 3 heterocycles. The molecule has 168 valence electrons. The lowest BCUT2D eigenvalue weighted by Gasteiger charge is -2.32. The number of hydrogen-bond donors (Lipinski definition) is 1. The number of amides is 1. The van der Waals surface area contributed by atoms with Crippen LogP contribution in [0.1, 0.15) is 41.6 Å². The Balaban J connectivity index is 1.42. The Hall–Kier alpha value is -3.07. The van der Waals surface area contributed by atoms with E-state index >= 15 is 0 Å². The zero-order chi connectivity index (χ0) is 22.3. The minimum atomic E-state index is -4.47. The van der Waals surface area contributed by atoms with E-state index in [1.54, 1.807) is 35.2 Å². The summed E-state index contributed by atoms with van der Waals surface area (Å²) in [7, 11) is 0. The monoisotopic (exact) mass is 443 g/mol. The fourth-order valence-corrected chi connectivity index (χ4v) is 4.34. The van der Waals surface area contributed by atoms with Crippen LogP contribution in [0, 0.1) is 0 Å². The molecule has 0 unspecified atom stereocenters. The van der Waals surface area contributed by atoms with Gasteiger partial charge in [-0.3, -0.25) is 4.79 Å². The van der Waals surface area contributed by atoms with E-state index in [2.05, 4.69) is 15.3 Å². The number of alkyl halides is 3. The van der Waals surface area contributed by atoms with Gasteiger partial charge in [0.25, 0.3) is 5.91 Å². The van der Waals surface area contributed by atoms with Crippen LogP contribution in [0.3, 0.4) is 0 Å². The van der Waals surface area contributed by atoms with E-state index in [-0.39, 0.29) is 17.6 Å². The van der Waals surface area contributed by atoms with Crippen LogP contribution < -0.4 is 5.32 Å². The van der Waals surface area contributed by atoms with Gasteiger partial charge in [-0.2, -0.15) is 18.3 Å². The Morgan fingerprint density at radius 2 is 1.75 bits per heavy atom. The molecule has 3 aromatic rings. The number of benzene rings is 1. The lowest BCUT2D eigenvalue weighted by Crippen LogP contribution is -2.45. The molecule has 1 aliphatic heterocycles. The van der Waals surface area contributed by atoms with Crippen LogP contribution in [-0.2, 0) is 6.18 Å². The predicted octanol–water partition coefficient (Wildman–Crippen LogP) is 4.04. The minimum absolute atomic E-state index is 0.0759. The van der Waals surface area contributed by atoms with E-state index in [1.165, 1.54) is 29.8 Å². The van der Waals surface area contributed by atoms with Gasteiger partial charge in [-0.25, -0.2) is 4.68 Å². The fourth-order valence-electron chi connectivity index (χ4n) is 4.34. The summed E-state index contributed by atoms with van der Waals surface area (Å²) in [4.78, 5) is 15.6. The van der Waals surface area contributed by atoms with Crippen molar-refractivity contribution in [3.63, 3.8) is 0 Å². The highest BCUT2D eigenvalue weighted by Gasteiger charge is 2.33. The molecule has 0 atom stereocenters. The van der Waals surface area contributed by atoms with Crippen molar-refractivity contribution >= 4 is 5.91 Å². The molecular formula is C23H24F3N5O. The number of hydrogen-bond acceptors (Lipinski definition) is 3. The number of aromatic nitrogens is 3. The number of halogens is 3. The number of likely N-dealkylation sites (tertiary alicyclic amines) is 1. The first-order valence-corrected chi connectivity index (χ1v) is 10.8. The molecule has 0 bridgehead atoms. The van der Waals surface area contributed by atoms with Crippen LogP contribution >= 0.6 is 0 Å². The lowest BCUT2D eigenvalue weighted by molar-refractivity contribution is -0.137. The Kier molecular flexibility index (Phi) is 5.28. The first kappa shape index (κ1) is 20.8. The smallest absolute Gasteiger partial charge is 0.349 e. The first-order chi connectivity index (χ1) is 15.4. The van der Waals surface area contributed by atoms with Gasteiger partial charge in [-0.15, -0.1) is 0 Å². The first-order valence-electron chi connectivity index (χ1n) is 10.8.